The highest BCUT2D eigenvalue weighted by Gasteiger charge is 2.12. The van der Waals surface area contributed by atoms with Crippen LogP contribution in [-0.4, -0.2) is 18.1 Å². The van der Waals surface area contributed by atoms with Gasteiger partial charge in [-0.3, -0.25) is 0 Å². The van der Waals surface area contributed by atoms with Crippen molar-refractivity contribution in [3.63, 3.8) is 0 Å². The monoisotopic (exact) mass is 315 g/mol. The van der Waals surface area contributed by atoms with Crippen LogP contribution in [0.25, 0.3) is 10.6 Å². The molecule has 1 aromatic carbocycles. The Labute approximate surface area is 109 Å². The molecule has 1 heterocycles. The van der Waals surface area contributed by atoms with E-state index >= 15 is 0 Å². The maximum atomic E-state index is 13.1. The fourth-order valence-electron chi connectivity index (χ4n) is 1.23. The van der Waals surface area contributed by atoms with Gasteiger partial charge >= 0.3 is 5.97 Å². The van der Waals surface area contributed by atoms with Crippen LogP contribution in [0.15, 0.2) is 28.1 Å². The van der Waals surface area contributed by atoms with Gasteiger partial charge in [0, 0.05) is 10.9 Å². The third-order valence-electron chi connectivity index (χ3n) is 2.07. The third-order valence-corrected chi connectivity index (χ3v) is 3.56. The van der Waals surface area contributed by atoms with Crippen molar-refractivity contribution in [2.45, 2.75) is 0 Å². The fourth-order valence-corrected chi connectivity index (χ4v) is 2.40. The Balaban J connectivity index is 2.37. The van der Waals surface area contributed by atoms with Crippen molar-refractivity contribution in [2.24, 2.45) is 0 Å². The quantitative estimate of drug-likeness (QED) is 0.796. The summed E-state index contributed by atoms with van der Waals surface area (Å²) in [5, 5.41) is 2.25. The van der Waals surface area contributed by atoms with E-state index in [0.29, 0.717) is 9.48 Å². The smallest absolute Gasteiger partial charge is 0.357 e. The molecule has 0 saturated carbocycles. The molecule has 0 amide bonds. The number of thiazole rings is 1. The average Bonchev–Trinajstić information content (AvgIpc) is 2.81. The van der Waals surface area contributed by atoms with E-state index in [0.717, 1.165) is 5.56 Å². The van der Waals surface area contributed by atoms with Crippen LogP contribution in [0.5, 0.6) is 0 Å². The predicted molar refractivity (Wildman–Crippen MR) is 66.5 cm³/mol. The fraction of sp³-hybridized carbons (Fsp3) is 0.0909. The summed E-state index contributed by atoms with van der Waals surface area (Å²) in [6.45, 7) is 0. The van der Waals surface area contributed by atoms with Crippen molar-refractivity contribution < 1.29 is 13.9 Å². The standard InChI is InChI=1S/C11H7BrFNO2S/c1-16-11(15)9-5-17-10(14-9)6-2-3-8(13)7(12)4-6/h2-5H,1H3. The molecular formula is C11H7BrFNO2S. The summed E-state index contributed by atoms with van der Waals surface area (Å²) in [7, 11) is 1.30. The molecule has 2 aromatic rings. The summed E-state index contributed by atoms with van der Waals surface area (Å²) in [5.41, 5.74) is 1.01. The van der Waals surface area contributed by atoms with Gasteiger partial charge in [-0.25, -0.2) is 14.2 Å². The van der Waals surface area contributed by atoms with Crippen molar-refractivity contribution in [3.8, 4) is 10.6 Å². The lowest BCUT2D eigenvalue weighted by atomic mass is 10.2. The Morgan fingerprint density at radius 3 is 2.94 bits per heavy atom. The number of hydrogen-bond donors (Lipinski definition) is 0. The van der Waals surface area contributed by atoms with Crippen molar-refractivity contribution in [1.29, 1.82) is 0 Å². The molecule has 3 nitrogen and oxygen atoms in total. The molecule has 1 aromatic heterocycles. The molecule has 6 heteroatoms. The largest absolute Gasteiger partial charge is 0.464 e. The minimum Gasteiger partial charge on any atom is -0.464 e. The van der Waals surface area contributed by atoms with Crippen LogP contribution < -0.4 is 0 Å². The van der Waals surface area contributed by atoms with E-state index in [1.807, 2.05) is 0 Å². The first-order chi connectivity index (χ1) is 8.11. The summed E-state index contributed by atoms with van der Waals surface area (Å²) >= 11 is 4.41. The van der Waals surface area contributed by atoms with Crippen LogP contribution in [0.3, 0.4) is 0 Å². The molecule has 0 radical (unpaired) electrons. The average molecular weight is 316 g/mol. The van der Waals surface area contributed by atoms with E-state index < -0.39 is 5.97 Å². The van der Waals surface area contributed by atoms with E-state index in [1.165, 1.54) is 24.5 Å². The lowest BCUT2D eigenvalue weighted by Crippen LogP contribution is -2.00. The highest BCUT2D eigenvalue weighted by molar-refractivity contribution is 9.10. The first kappa shape index (κ1) is 12.2. The second kappa shape index (κ2) is 4.93. The zero-order chi connectivity index (χ0) is 12.4. The van der Waals surface area contributed by atoms with Gasteiger partial charge < -0.3 is 4.74 Å². The van der Waals surface area contributed by atoms with Crippen molar-refractivity contribution in [3.05, 3.63) is 39.6 Å². The van der Waals surface area contributed by atoms with Crippen molar-refractivity contribution >= 4 is 33.2 Å². The van der Waals surface area contributed by atoms with Gasteiger partial charge in [0.05, 0.1) is 11.6 Å². The molecule has 0 aliphatic heterocycles. The summed E-state index contributed by atoms with van der Waals surface area (Å²) in [6.07, 6.45) is 0. The number of benzene rings is 1. The topological polar surface area (TPSA) is 39.2 Å². The lowest BCUT2D eigenvalue weighted by Gasteiger charge is -1.98. The molecule has 0 atom stereocenters. The number of nitrogens with zero attached hydrogens (tertiary/aromatic N) is 1. The number of carbonyl (C=O) groups is 1. The predicted octanol–water partition coefficient (Wildman–Crippen LogP) is 3.50. The van der Waals surface area contributed by atoms with Crippen LogP contribution >= 0.6 is 27.3 Å². The molecule has 0 saturated heterocycles. The molecule has 0 unspecified atom stereocenters. The lowest BCUT2D eigenvalue weighted by molar-refractivity contribution is 0.0595. The highest BCUT2D eigenvalue weighted by atomic mass is 79.9. The van der Waals surface area contributed by atoms with Crippen LogP contribution in [0, 0.1) is 5.82 Å². The van der Waals surface area contributed by atoms with Gasteiger partial charge in [0.2, 0.25) is 0 Å². The molecule has 0 bridgehead atoms. The molecular weight excluding hydrogens is 309 g/mol. The number of aromatic nitrogens is 1. The maximum absolute atomic E-state index is 13.1. The molecule has 17 heavy (non-hydrogen) atoms. The number of halogens is 2. The zero-order valence-electron chi connectivity index (χ0n) is 8.74. The van der Waals surface area contributed by atoms with Gasteiger partial charge in [-0.05, 0) is 34.1 Å². The number of carbonyl (C=O) groups excluding carboxylic acids is 1. The number of hydrogen-bond acceptors (Lipinski definition) is 4. The zero-order valence-corrected chi connectivity index (χ0v) is 11.1. The second-order valence-electron chi connectivity index (χ2n) is 3.16. The molecule has 0 fully saturated rings. The molecule has 88 valence electrons. The van der Waals surface area contributed by atoms with Crippen LogP contribution in [0.2, 0.25) is 0 Å². The van der Waals surface area contributed by atoms with E-state index in [1.54, 1.807) is 17.5 Å². The van der Waals surface area contributed by atoms with Crippen molar-refractivity contribution in [2.75, 3.05) is 7.11 Å². The van der Waals surface area contributed by atoms with Gasteiger partial charge in [0.1, 0.15) is 10.8 Å². The minimum atomic E-state index is -0.478. The summed E-state index contributed by atoms with van der Waals surface area (Å²) in [6, 6.07) is 4.58. The summed E-state index contributed by atoms with van der Waals surface area (Å²) < 4.78 is 18.0. The van der Waals surface area contributed by atoms with Gasteiger partial charge in [-0.2, -0.15) is 0 Å². The van der Waals surface area contributed by atoms with E-state index in [4.69, 9.17) is 0 Å². The van der Waals surface area contributed by atoms with E-state index in [2.05, 4.69) is 25.7 Å². The molecule has 0 aliphatic carbocycles. The Morgan fingerprint density at radius 1 is 1.53 bits per heavy atom. The summed E-state index contributed by atoms with van der Waals surface area (Å²) in [4.78, 5) is 15.4. The van der Waals surface area contributed by atoms with Gasteiger partial charge in [-0.15, -0.1) is 11.3 Å². The molecule has 2 rings (SSSR count). The number of esters is 1. The van der Waals surface area contributed by atoms with Crippen LogP contribution in [0.1, 0.15) is 10.5 Å². The number of rotatable bonds is 2. The Morgan fingerprint density at radius 2 is 2.29 bits per heavy atom. The first-order valence-electron chi connectivity index (χ1n) is 4.61. The van der Waals surface area contributed by atoms with Crippen molar-refractivity contribution in [1.82, 2.24) is 4.98 Å². The van der Waals surface area contributed by atoms with E-state index in [-0.39, 0.29) is 11.5 Å². The summed E-state index contributed by atoms with van der Waals surface area (Å²) in [5.74, 6) is -0.813. The number of methoxy groups -OCH3 is 1. The molecule has 0 N–H and O–H groups in total. The second-order valence-corrected chi connectivity index (χ2v) is 4.87. The normalized spacial score (nSPS) is 10.3. The van der Waals surface area contributed by atoms with Gasteiger partial charge in [0.15, 0.2) is 5.69 Å². The number of ether oxygens (including phenoxy) is 1. The first-order valence-corrected chi connectivity index (χ1v) is 6.28. The molecule has 0 spiro atoms. The Bertz CT molecular complexity index is 570. The Hall–Kier alpha value is -1.27. The third kappa shape index (κ3) is 2.53. The minimum absolute atomic E-state index is 0.257. The SMILES string of the molecule is COC(=O)c1csc(-c2ccc(F)c(Br)c2)n1. The highest BCUT2D eigenvalue weighted by Crippen LogP contribution is 2.27. The molecule has 0 aliphatic rings. The van der Waals surface area contributed by atoms with Crippen LogP contribution in [-0.2, 0) is 4.74 Å². The van der Waals surface area contributed by atoms with Gasteiger partial charge in [-0.1, -0.05) is 0 Å². The maximum Gasteiger partial charge on any atom is 0.357 e. The van der Waals surface area contributed by atoms with E-state index in [9.17, 15) is 9.18 Å². The van der Waals surface area contributed by atoms with Gasteiger partial charge in [0.25, 0.3) is 0 Å². The Kier molecular flexibility index (Phi) is 3.54. The van der Waals surface area contributed by atoms with Crippen LogP contribution in [0.4, 0.5) is 4.39 Å².